The van der Waals surface area contributed by atoms with E-state index in [2.05, 4.69) is 51.5 Å². The molecule has 23 heavy (non-hydrogen) atoms. The molecule has 2 N–H and O–H groups in total. The molecule has 120 valence electrons. The van der Waals surface area contributed by atoms with Gasteiger partial charge in [-0.05, 0) is 56.4 Å². The van der Waals surface area contributed by atoms with Crippen LogP contribution in [0.4, 0.5) is 5.69 Å². The van der Waals surface area contributed by atoms with Crippen LogP contribution in [0.15, 0.2) is 47.2 Å². The van der Waals surface area contributed by atoms with E-state index in [-0.39, 0.29) is 11.6 Å². The number of benzene rings is 1. The maximum atomic E-state index is 6.07. The smallest absolute Gasteiger partial charge is 0.171 e. The molecule has 3 rings (SSSR count). The first-order valence-corrected chi connectivity index (χ1v) is 8.59. The minimum absolute atomic E-state index is 0.0860. The van der Waals surface area contributed by atoms with Gasteiger partial charge in [0.1, 0.15) is 11.4 Å². The molecule has 4 nitrogen and oxygen atoms in total. The van der Waals surface area contributed by atoms with Crippen molar-refractivity contribution in [3.63, 3.8) is 0 Å². The number of ether oxygens (including phenoxy) is 1. The minimum Gasteiger partial charge on any atom is -0.487 e. The van der Waals surface area contributed by atoms with Crippen LogP contribution in [-0.4, -0.2) is 15.7 Å². The zero-order valence-corrected chi connectivity index (χ0v) is 15.4. The average Bonchev–Trinajstić information content (AvgIpc) is 2.48. The Labute approximate surface area is 149 Å². The number of rotatable bonds is 2. The third kappa shape index (κ3) is 4.00. The van der Waals surface area contributed by atoms with Crippen LogP contribution in [-0.2, 0) is 0 Å². The number of thiocarbonyl (C=S) groups is 1. The van der Waals surface area contributed by atoms with Gasteiger partial charge in [-0.3, -0.25) is 4.98 Å². The van der Waals surface area contributed by atoms with Crippen molar-refractivity contribution in [2.45, 2.75) is 31.9 Å². The Kier molecular flexibility index (Phi) is 4.55. The zero-order chi connectivity index (χ0) is 16.4. The second kappa shape index (κ2) is 6.45. The molecule has 6 heteroatoms. The first-order valence-electron chi connectivity index (χ1n) is 7.39. The summed E-state index contributed by atoms with van der Waals surface area (Å²) in [6, 6.07) is 9.95. The summed E-state index contributed by atoms with van der Waals surface area (Å²) in [6.07, 6.45) is 4.30. The van der Waals surface area contributed by atoms with E-state index in [1.807, 2.05) is 24.3 Å². The summed E-state index contributed by atoms with van der Waals surface area (Å²) in [5.41, 5.74) is 1.72. The summed E-state index contributed by atoms with van der Waals surface area (Å²) < 4.78 is 7.10. The summed E-state index contributed by atoms with van der Waals surface area (Å²) in [5, 5.41) is 7.14. The molecule has 0 unspecified atom stereocenters. The van der Waals surface area contributed by atoms with E-state index in [1.165, 1.54) is 0 Å². The lowest BCUT2D eigenvalue weighted by Gasteiger charge is -2.38. The maximum Gasteiger partial charge on any atom is 0.171 e. The number of nitrogens with zero attached hydrogens (tertiary/aromatic N) is 1. The molecule has 0 fully saturated rings. The van der Waals surface area contributed by atoms with Crippen molar-refractivity contribution in [3.8, 4) is 5.75 Å². The lowest BCUT2D eigenvalue weighted by Crippen LogP contribution is -2.42. The monoisotopic (exact) mass is 391 g/mol. The van der Waals surface area contributed by atoms with Gasteiger partial charge in [0.05, 0.1) is 17.9 Å². The van der Waals surface area contributed by atoms with Crippen molar-refractivity contribution in [3.05, 3.63) is 52.8 Å². The molecule has 2 heterocycles. The molecule has 1 aromatic carbocycles. The summed E-state index contributed by atoms with van der Waals surface area (Å²) in [4.78, 5) is 4.08. The molecule has 0 aliphatic carbocycles. The van der Waals surface area contributed by atoms with E-state index >= 15 is 0 Å². The number of nitrogens with one attached hydrogen (secondary N) is 2. The maximum absolute atomic E-state index is 6.07. The standard InChI is InChI=1S/C17H18BrN3OS/c1-17(2)9-14(13-8-11(18)5-6-15(13)22-17)21-16(23)20-12-4-3-7-19-10-12/h3-8,10,14H,9H2,1-2H3,(H2,20,21,23)/t14-/m1/s1. The van der Waals surface area contributed by atoms with Gasteiger partial charge in [-0.2, -0.15) is 0 Å². The van der Waals surface area contributed by atoms with Gasteiger partial charge >= 0.3 is 0 Å². The van der Waals surface area contributed by atoms with Gasteiger partial charge < -0.3 is 15.4 Å². The van der Waals surface area contributed by atoms with Crippen LogP contribution in [0.2, 0.25) is 0 Å². The van der Waals surface area contributed by atoms with Crippen LogP contribution in [0.1, 0.15) is 31.9 Å². The van der Waals surface area contributed by atoms with Crippen LogP contribution in [0.3, 0.4) is 0 Å². The number of aromatic nitrogens is 1. The Bertz CT molecular complexity index is 721. The number of anilines is 1. The summed E-state index contributed by atoms with van der Waals surface area (Å²) in [5.74, 6) is 0.895. The fraction of sp³-hybridized carbons (Fsp3) is 0.294. The van der Waals surface area contributed by atoms with E-state index < -0.39 is 0 Å². The number of fused-ring (bicyclic) bond motifs is 1. The van der Waals surface area contributed by atoms with Crippen molar-refractivity contribution in [2.24, 2.45) is 0 Å². The zero-order valence-electron chi connectivity index (χ0n) is 13.0. The van der Waals surface area contributed by atoms with E-state index in [0.717, 1.165) is 27.9 Å². The predicted molar refractivity (Wildman–Crippen MR) is 99.8 cm³/mol. The highest BCUT2D eigenvalue weighted by Gasteiger charge is 2.34. The van der Waals surface area contributed by atoms with Gasteiger partial charge in [0.25, 0.3) is 0 Å². The highest BCUT2D eigenvalue weighted by molar-refractivity contribution is 9.10. The lowest BCUT2D eigenvalue weighted by atomic mass is 9.90. The first kappa shape index (κ1) is 16.2. The minimum atomic E-state index is -0.248. The van der Waals surface area contributed by atoms with E-state index in [1.54, 1.807) is 12.4 Å². The van der Waals surface area contributed by atoms with Gasteiger partial charge in [-0.25, -0.2) is 0 Å². The van der Waals surface area contributed by atoms with Gasteiger partial charge in [0.2, 0.25) is 0 Å². The molecular formula is C17H18BrN3OS. The Morgan fingerprint density at radius 2 is 2.22 bits per heavy atom. The Balaban J connectivity index is 1.79. The van der Waals surface area contributed by atoms with Crippen LogP contribution in [0.5, 0.6) is 5.75 Å². The molecule has 0 bridgehead atoms. The van der Waals surface area contributed by atoms with Crippen molar-refractivity contribution in [2.75, 3.05) is 5.32 Å². The normalized spacial score (nSPS) is 18.5. The molecule has 1 aliphatic rings. The molecule has 0 radical (unpaired) electrons. The topological polar surface area (TPSA) is 46.2 Å². The summed E-state index contributed by atoms with van der Waals surface area (Å²) in [6.45, 7) is 4.18. The van der Waals surface area contributed by atoms with Crippen LogP contribution >= 0.6 is 28.1 Å². The summed E-state index contributed by atoms with van der Waals surface area (Å²) in [7, 11) is 0. The van der Waals surface area contributed by atoms with Gasteiger partial charge in [-0.1, -0.05) is 15.9 Å². The van der Waals surface area contributed by atoms with Crippen molar-refractivity contribution in [1.29, 1.82) is 0 Å². The second-order valence-corrected chi connectivity index (χ2v) is 7.46. The predicted octanol–water partition coefficient (Wildman–Crippen LogP) is 4.43. The van der Waals surface area contributed by atoms with Crippen LogP contribution in [0.25, 0.3) is 0 Å². The first-order chi connectivity index (χ1) is 10.9. The molecule has 0 saturated carbocycles. The fourth-order valence-electron chi connectivity index (χ4n) is 2.72. The summed E-state index contributed by atoms with van der Waals surface area (Å²) >= 11 is 8.98. The number of halogens is 1. The number of hydrogen-bond acceptors (Lipinski definition) is 3. The van der Waals surface area contributed by atoms with Gasteiger partial charge in [-0.15, -0.1) is 0 Å². The van der Waals surface area contributed by atoms with Crippen molar-refractivity contribution in [1.82, 2.24) is 10.3 Å². The molecule has 0 spiro atoms. The van der Waals surface area contributed by atoms with Gasteiger partial charge in [0, 0.05) is 22.7 Å². The van der Waals surface area contributed by atoms with E-state index in [0.29, 0.717) is 5.11 Å². The largest absolute Gasteiger partial charge is 0.487 e. The molecule has 0 amide bonds. The van der Waals surface area contributed by atoms with E-state index in [4.69, 9.17) is 17.0 Å². The Hall–Kier alpha value is -1.66. The second-order valence-electron chi connectivity index (χ2n) is 6.14. The van der Waals surface area contributed by atoms with Crippen LogP contribution in [0, 0.1) is 0 Å². The van der Waals surface area contributed by atoms with Crippen molar-refractivity contribution < 1.29 is 4.74 Å². The van der Waals surface area contributed by atoms with Crippen molar-refractivity contribution >= 4 is 38.9 Å². The quantitative estimate of drug-likeness (QED) is 0.741. The van der Waals surface area contributed by atoms with E-state index in [9.17, 15) is 0 Å². The molecular weight excluding hydrogens is 374 g/mol. The third-order valence-corrected chi connectivity index (χ3v) is 4.37. The third-order valence-electron chi connectivity index (χ3n) is 3.65. The molecule has 1 aromatic heterocycles. The fourth-order valence-corrected chi connectivity index (χ4v) is 3.36. The lowest BCUT2D eigenvalue weighted by molar-refractivity contribution is 0.0696. The average molecular weight is 392 g/mol. The Morgan fingerprint density at radius 1 is 1.39 bits per heavy atom. The molecule has 1 atom stereocenters. The van der Waals surface area contributed by atoms with Gasteiger partial charge in [0.15, 0.2) is 5.11 Å². The Morgan fingerprint density at radius 3 is 2.96 bits per heavy atom. The SMILES string of the molecule is CC1(C)C[C@@H](NC(=S)Nc2cccnc2)c2cc(Br)ccc2O1. The molecule has 2 aromatic rings. The highest BCUT2D eigenvalue weighted by atomic mass is 79.9. The van der Waals surface area contributed by atoms with Crippen LogP contribution < -0.4 is 15.4 Å². The highest BCUT2D eigenvalue weighted by Crippen LogP contribution is 2.40. The molecule has 0 saturated heterocycles. The molecule has 1 aliphatic heterocycles. The number of hydrogen-bond donors (Lipinski definition) is 2. The number of pyridine rings is 1.